The number of hydrogen-bond donors (Lipinski definition) is 1. The van der Waals surface area contributed by atoms with E-state index in [1.807, 2.05) is 6.07 Å². The first kappa shape index (κ1) is 22.9. The number of alkyl halides is 3. The molecule has 3 aromatic rings. The van der Waals surface area contributed by atoms with E-state index < -0.39 is 23.9 Å². The molecule has 0 saturated carbocycles. The van der Waals surface area contributed by atoms with Crippen LogP contribution in [-0.2, 0) is 10.9 Å². The lowest BCUT2D eigenvalue weighted by atomic mass is 9.90. The van der Waals surface area contributed by atoms with Gasteiger partial charge in [-0.1, -0.05) is 30.3 Å². The van der Waals surface area contributed by atoms with Gasteiger partial charge in [0.25, 0.3) is 0 Å². The van der Waals surface area contributed by atoms with Gasteiger partial charge in [-0.2, -0.15) is 18.4 Å². The number of rotatable bonds is 5. The Morgan fingerprint density at radius 2 is 1.79 bits per heavy atom. The van der Waals surface area contributed by atoms with Crippen molar-refractivity contribution in [3.63, 3.8) is 0 Å². The van der Waals surface area contributed by atoms with E-state index in [4.69, 9.17) is 4.74 Å². The van der Waals surface area contributed by atoms with Crippen molar-refractivity contribution in [3.05, 3.63) is 89.1 Å². The quantitative estimate of drug-likeness (QED) is 0.604. The molecule has 5 nitrogen and oxygen atoms in total. The van der Waals surface area contributed by atoms with Crippen molar-refractivity contribution in [2.75, 3.05) is 26.3 Å². The zero-order valence-corrected chi connectivity index (χ0v) is 17.7. The number of nitriles is 1. The van der Waals surface area contributed by atoms with Crippen LogP contribution in [0.2, 0.25) is 0 Å². The van der Waals surface area contributed by atoms with Gasteiger partial charge >= 0.3 is 6.18 Å². The molecule has 0 aliphatic carbocycles. The Morgan fingerprint density at radius 3 is 2.52 bits per heavy atom. The van der Waals surface area contributed by atoms with Gasteiger partial charge in [0.15, 0.2) is 0 Å². The topological polar surface area (TPSA) is 69.4 Å². The second kappa shape index (κ2) is 9.71. The number of hydrogen-bond acceptors (Lipinski definition) is 5. The number of benzene rings is 2. The minimum Gasteiger partial charge on any atom is -0.386 e. The van der Waals surface area contributed by atoms with E-state index in [0.717, 1.165) is 17.7 Å². The molecule has 1 saturated heterocycles. The van der Waals surface area contributed by atoms with Crippen LogP contribution in [0.4, 0.5) is 13.2 Å². The van der Waals surface area contributed by atoms with E-state index in [9.17, 15) is 23.5 Å². The van der Waals surface area contributed by atoms with Crippen LogP contribution in [0, 0.1) is 11.3 Å². The summed E-state index contributed by atoms with van der Waals surface area (Å²) < 4.78 is 45.3. The van der Waals surface area contributed by atoms with Gasteiger partial charge in [0.05, 0.1) is 42.1 Å². The summed E-state index contributed by atoms with van der Waals surface area (Å²) in [6.07, 6.45) is -4.10. The maximum absolute atomic E-state index is 13.3. The molecule has 8 heteroatoms. The number of pyridine rings is 1. The Kier molecular flexibility index (Phi) is 6.75. The van der Waals surface area contributed by atoms with Crippen LogP contribution in [0.1, 0.15) is 34.4 Å². The highest BCUT2D eigenvalue weighted by molar-refractivity contribution is 5.64. The molecule has 0 bridgehead atoms. The van der Waals surface area contributed by atoms with Crippen LogP contribution in [0.15, 0.2) is 66.9 Å². The molecule has 2 heterocycles. The predicted molar refractivity (Wildman–Crippen MR) is 116 cm³/mol. The normalized spacial score (nSPS) is 16.7. The summed E-state index contributed by atoms with van der Waals surface area (Å²) >= 11 is 0. The summed E-state index contributed by atoms with van der Waals surface area (Å²) in [5.41, 5.74) is 1.38. The molecule has 1 N–H and O–H groups in total. The fourth-order valence-electron chi connectivity index (χ4n) is 4.15. The lowest BCUT2D eigenvalue weighted by molar-refractivity contribution is -0.137. The highest BCUT2D eigenvalue weighted by atomic mass is 19.4. The zero-order chi connectivity index (χ0) is 23.4. The molecule has 0 spiro atoms. The van der Waals surface area contributed by atoms with Gasteiger partial charge in [-0.05, 0) is 35.9 Å². The summed E-state index contributed by atoms with van der Waals surface area (Å²) in [5, 5.41) is 20.9. The Hall–Kier alpha value is -3.25. The molecule has 2 aromatic carbocycles. The van der Waals surface area contributed by atoms with Crippen LogP contribution in [0.25, 0.3) is 11.3 Å². The third-order valence-electron chi connectivity index (χ3n) is 5.72. The van der Waals surface area contributed by atoms with E-state index in [1.165, 1.54) is 12.3 Å². The van der Waals surface area contributed by atoms with Gasteiger partial charge in [-0.3, -0.25) is 9.88 Å². The predicted octanol–water partition coefficient (Wildman–Crippen LogP) is 4.75. The van der Waals surface area contributed by atoms with E-state index >= 15 is 0 Å². The summed E-state index contributed by atoms with van der Waals surface area (Å²) in [6.45, 7) is 2.12. The fraction of sp³-hybridized carbons (Fsp3) is 0.280. The highest BCUT2D eigenvalue weighted by Gasteiger charge is 2.33. The monoisotopic (exact) mass is 453 g/mol. The molecule has 170 valence electrons. The summed E-state index contributed by atoms with van der Waals surface area (Å²) in [4.78, 5) is 6.39. The van der Waals surface area contributed by atoms with Crippen molar-refractivity contribution in [3.8, 4) is 17.3 Å². The maximum atomic E-state index is 13.3. The van der Waals surface area contributed by atoms with Crippen molar-refractivity contribution >= 4 is 0 Å². The molecule has 1 fully saturated rings. The average molecular weight is 453 g/mol. The van der Waals surface area contributed by atoms with E-state index in [1.54, 1.807) is 36.4 Å². The Morgan fingerprint density at radius 1 is 1.03 bits per heavy atom. The molecule has 33 heavy (non-hydrogen) atoms. The molecule has 1 aliphatic rings. The van der Waals surface area contributed by atoms with Crippen LogP contribution in [0.5, 0.6) is 0 Å². The number of nitrogens with zero attached hydrogens (tertiary/aromatic N) is 3. The molecule has 2 atom stereocenters. The lowest BCUT2D eigenvalue weighted by Gasteiger charge is -2.38. The first-order valence-corrected chi connectivity index (χ1v) is 10.5. The van der Waals surface area contributed by atoms with Gasteiger partial charge < -0.3 is 9.84 Å². The van der Waals surface area contributed by atoms with E-state index in [-0.39, 0.29) is 11.3 Å². The van der Waals surface area contributed by atoms with E-state index in [0.29, 0.717) is 37.4 Å². The molecule has 0 radical (unpaired) electrons. The number of morpholine rings is 1. The zero-order valence-electron chi connectivity index (χ0n) is 17.7. The molecular formula is C25H22F3N3O2. The Labute approximate surface area is 189 Å². The Bertz CT molecular complexity index is 1150. The van der Waals surface area contributed by atoms with Gasteiger partial charge in [0.2, 0.25) is 0 Å². The minimum atomic E-state index is -4.49. The maximum Gasteiger partial charge on any atom is 0.416 e. The second-order valence-electron chi connectivity index (χ2n) is 7.80. The lowest BCUT2D eigenvalue weighted by Crippen LogP contribution is -2.41. The SMILES string of the molecule is N#Cc1cccc([C@@H]([C@H](O)c2cccnc2-c2cccc(C(F)(F)F)c2)N2CCOCC2)c1. The number of halogens is 3. The fourth-order valence-corrected chi connectivity index (χ4v) is 4.15. The Balaban J connectivity index is 1.79. The minimum absolute atomic E-state index is 0.269. The van der Waals surface area contributed by atoms with Crippen molar-refractivity contribution in [1.29, 1.82) is 5.26 Å². The van der Waals surface area contributed by atoms with Crippen molar-refractivity contribution < 1.29 is 23.0 Å². The van der Waals surface area contributed by atoms with Crippen molar-refractivity contribution in [2.45, 2.75) is 18.3 Å². The summed E-state index contributed by atoms with van der Waals surface area (Å²) in [5.74, 6) is 0. The van der Waals surface area contributed by atoms with Crippen molar-refractivity contribution in [1.82, 2.24) is 9.88 Å². The van der Waals surface area contributed by atoms with Crippen LogP contribution in [-0.4, -0.2) is 41.3 Å². The standard InChI is InChI=1S/C25H22F3N3O2/c26-25(27,28)20-7-2-5-18(15-20)22-21(8-3-9-30-22)24(32)23(31-10-12-33-13-11-31)19-6-1-4-17(14-19)16-29/h1-9,14-15,23-24,32H,10-13H2/t23-,24+/m0/s1. The largest absolute Gasteiger partial charge is 0.416 e. The molecule has 0 unspecified atom stereocenters. The van der Waals surface area contributed by atoms with Crippen LogP contribution >= 0.6 is 0 Å². The summed E-state index contributed by atoms with van der Waals surface area (Å²) in [6, 6.07) is 16.8. The van der Waals surface area contributed by atoms with Gasteiger partial charge in [-0.15, -0.1) is 0 Å². The molecule has 4 rings (SSSR count). The number of aromatic nitrogens is 1. The van der Waals surface area contributed by atoms with Gasteiger partial charge in [0.1, 0.15) is 6.10 Å². The first-order valence-electron chi connectivity index (χ1n) is 10.5. The molecule has 1 aliphatic heterocycles. The van der Waals surface area contributed by atoms with Crippen molar-refractivity contribution in [2.24, 2.45) is 0 Å². The average Bonchev–Trinajstić information content (AvgIpc) is 2.84. The van der Waals surface area contributed by atoms with Gasteiger partial charge in [0, 0.05) is 30.4 Å². The highest BCUT2D eigenvalue weighted by Crippen LogP contribution is 2.39. The number of aliphatic hydroxyl groups is 1. The summed E-state index contributed by atoms with van der Waals surface area (Å²) in [7, 11) is 0. The van der Waals surface area contributed by atoms with Crippen LogP contribution < -0.4 is 0 Å². The molecule has 1 aromatic heterocycles. The number of ether oxygens (including phenoxy) is 1. The molecular weight excluding hydrogens is 431 g/mol. The third kappa shape index (κ3) is 5.06. The smallest absolute Gasteiger partial charge is 0.386 e. The molecule has 0 amide bonds. The van der Waals surface area contributed by atoms with E-state index in [2.05, 4.69) is 16.0 Å². The van der Waals surface area contributed by atoms with Crippen LogP contribution in [0.3, 0.4) is 0 Å². The van der Waals surface area contributed by atoms with Gasteiger partial charge in [-0.25, -0.2) is 0 Å². The first-order chi connectivity index (χ1) is 15.9. The second-order valence-corrected chi connectivity index (χ2v) is 7.80. The third-order valence-corrected chi connectivity index (χ3v) is 5.72. The number of aliphatic hydroxyl groups excluding tert-OH is 1.